The van der Waals surface area contributed by atoms with Crippen molar-refractivity contribution < 1.29 is 9.18 Å². The Morgan fingerprint density at radius 1 is 1.15 bits per heavy atom. The first-order valence-electron chi connectivity index (χ1n) is 6.15. The maximum absolute atomic E-state index is 13.3. The van der Waals surface area contributed by atoms with E-state index >= 15 is 0 Å². The van der Waals surface area contributed by atoms with E-state index in [1.165, 1.54) is 12.1 Å². The number of carbonyl (C=O) groups excluding carboxylic acids is 1. The van der Waals surface area contributed by atoms with Crippen LogP contribution in [0.25, 0.3) is 0 Å². The molecule has 0 aromatic heterocycles. The SMILES string of the molecule is Cc1cc(F)cc(NC(=O)c2ccc(NN)c(C)c2)c1. The number of benzene rings is 2. The summed E-state index contributed by atoms with van der Waals surface area (Å²) in [7, 11) is 0. The molecule has 2 rings (SSSR count). The molecular weight excluding hydrogens is 257 g/mol. The van der Waals surface area contributed by atoms with Crippen molar-refractivity contribution in [1.29, 1.82) is 0 Å². The zero-order valence-electron chi connectivity index (χ0n) is 11.3. The standard InChI is InChI=1S/C15H16FN3O/c1-9-5-12(16)8-13(6-9)18-15(20)11-3-4-14(19-17)10(2)7-11/h3-8,19H,17H2,1-2H3,(H,18,20). The number of amides is 1. The number of rotatable bonds is 3. The zero-order chi connectivity index (χ0) is 14.7. The lowest BCUT2D eigenvalue weighted by Gasteiger charge is -2.09. The molecule has 0 aliphatic rings. The van der Waals surface area contributed by atoms with E-state index in [1.54, 1.807) is 31.2 Å². The van der Waals surface area contributed by atoms with E-state index in [4.69, 9.17) is 5.84 Å². The van der Waals surface area contributed by atoms with Gasteiger partial charge in [0.05, 0.1) is 5.69 Å². The first-order valence-corrected chi connectivity index (χ1v) is 6.15. The smallest absolute Gasteiger partial charge is 0.255 e. The maximum Gasteiger partial charge on any atom is 0.255 e. The molecule has 4 nitrogen and oxygen atoms in total. The quantitative estimate of drug-likeness (QED) is 0.595. The molecular formula is C15H16FN3O. The molecule has 0 fully saturated rings. The molecule has 0 heterocycles. The second-order valence-corrected chi connectivity index (χ2v) is 4.65. The average Bonchev–Trinajstić information content (AvgIpc) is 2.37. The Morgan fingerprint density at radius 2 is 1.90 bits per heavy atom. The summed E-state index contributed by atoms with van der Waals surface area (Å²) in [5.74, 6) is 4.68. The summed E-state index contributed by atoms with van der Waals surface area (Å²) in [6, 6.07) is 9.50. The minimum Gasteiger partial charge on any atom is -0.324 e. The fraction of sp³-hybridized carbons (Fsp3) is 0.133. The normalized spacial score (nSPS) is 10.2. The first kappa shape index (κ1) is 14.0. The van der Waals surface area contributed by atoms with Crippen molar-refractivity contribution in [2.75, 3.05) is 10.7 Å². The number of hydrogen-bond donors (Lipinski definition) is 3. The fourth-order valence-electron chi connectivity index (χ4n) is 1.98. The van der Waals surface area contributed by atoms with E-state index in [9.17, 15) is 9.18 Å². The van der Waals surface area contributed by atoms with E-state index in [-0.39, 0.29) is 11.7 Å². The van der Waals surface area contributed by atoms with Gasteiger partial charge in [0.15, 0.2) is 0 Å². The topological polar surface area (TPSA) is 67.2 Å². The number of nitrogens with two attached hydrogens (primary N) is 1. The average molecular weight is 273 g/mol. The molecule has 0 aliphatic heterocycles. The van der Waals surface area contributed by atoms with Crippen LogP contribution in [0.5, 0.6) is 0 Å². The van der Waals surface area contributed by atoms with Gasteiger partial charge < -0.3 is 10.7 Å². The lowest BCUT2D eigenvalue weighted by atomic mass is 10.1. The Labute approximate surface area is 116 Å². The molecule has 0 aliphatic carbocycles. The van der Waals surface area contributed by atoms with Crippen molar-refractivity contribution in [3.63, 3.8) is 0 Å². The number of hydrazine groups is 1. The molecule has 0 unspecified atom stereocenters. The van der Waals surface area contributed by atoms with Crippen molar-refractivity contribution >= 4 is 17.3 Å². The predicted molar refractivity (Wildman–Crippen MR) is 78.1 cm³/mol. The number of aryl methyl sites for hydroxylation is 2. The molecule has 0 saturated heterocycles. The summed E-state index contributed by atoms with van der Waals surface area (Å²) in [6.45, 7) is 3.61. The van der Waals surface area contributed by atoms with Crippen LogP contribution in [0, 0.1) is 19.7 Å². The summed E-state index contributed by atoms with van der Waals surface area (Å²) < 4.78 is 13.3. The minimum atomic E-state index is -0.376. The van der Waals surface area contributed by atoms with Crippen LogP contribution in [0.2, 0.25) is 0 Å². The number of hydrogen-bond acceptors (Lipinski definition) is 3. The zero-order valence-corrected chi connectivity index (χ0v) is 11.3. The maximum atomic E-state index is 13.3. The molecule has 2 aromatic rings. The summed E-state index contributed by atoms with van der Waals surface area (Å²) in [5.41, 5.74) is 5.83. The highest BCUT2D eigenvalue weighted by molar-refractivity contribution is 6.04. The van der Waals surface area contributed by atoms with E-state index in [0.29, 0.717) is 11.3 Å². The lowest BCUT2D eigenvalue weighted by Crippen LogP contribution is -2.13. The number of halogens is 1. The van der Waals surface area contributed by atoms with Crippen molar-refractivity contribution in [3.8, 4) is 0 Å². The van der Waals surface area contributed by atoms with Gasteiger partial charge in [0.2, 0.25) is 0 Å². The molecule has 0 saturated carbocycles. The van der Waals surface area contributed by atoms with Crippen molar-refractivity contribution in [3.05, 3.63) is 58.9 Å². The Hall–Kier alpha value is -2.40. The Morgan fingerprint density at radius 3 is 2.50 bits per heavy atom. The number of nitrogen functional groups attached to an aromatic ring is 1. The van der Waals surface area contributed by atoms with Crippen LogP contribution in [-0.4, -0.2) is 5.91 Å². The highest BCUT2D eigenvalue weighted by Crippen LogP contribution is 2.18. The van der Waals surface area contributed by atoms with Gasteiger partial charge in [-0.25, -0.2) is 4.39 Å². The van der Waals surface area contributed by atoms with Crippen LogP contribution in [0.15, 0.2) is 36.4 Å². The molecule has 4 N–H and O–H groups in total. The Kier molecular flexibility index (Phi) is 4.00. The van der Waals surface area contributed by atoms with Crippen LogP contribution >= 0.6 is 0 Å². The van der Waals surface area contributed by atoms with Crippen LogP contribution in [-0.2, 0) is 0 Å². The first-order chi connectivity index (χ1) is 9.49. The molecule has 20 heavy (non-hydrogen) atoms. The third kappa shape index (κ3) is 3.13. The monoisotopic (exact) mass is 273 g/mol. The number of anilines is 2. The molecule has 0 spiro atoms. The fourth-order valence-corrected chi connectivity index (χ4v) is 1.98. The highest BCUT2D eigenvalue weighted by atomic mass is 19.1. The molecule has 0 radical (unpaired) electrons. The number of carbonyl (C=O) groups is 1. The van der Waals surface area contributed by atoms with E-state index < -0.39 is 0 Å². The van der Waals surface area contributed by atoms with Gasteiger partial charge in [0.25, 0.3) is 5.91 Å². The van der Waals surface area contributed by atoms with Crippen LogP contribution < -0.4 is 16.6 Å². The van der Waals surface area contributed by atoms with Gasteiger partial charge in [-0.15, -0.1) is 0 Å². The molecule has 0 bridgehead atoms. The number of nitrogens with one attached hydrogen (secondary N) is 2. The molecule has 104 valence electrons. The van der Waals surface area contributed by atoms with Gasteiger partial charge in [-0.2, -0.15) is 0 Å². The summed E-state index contributed by atoms with van der Waals surface area (Å²) >= 11 is 0. The second-order valence-electron chi connectivity index (χ2n) is 4.65. The predicted octanol–water partition coefficient (Wildman–Crippen LogP) is 2.98. The van der Waals surface area contributed by atoms with Crippen LogP contribution in [0.1, 0.15) is 21.5 Å². The van der Waals surface area contributed by atoms with Crippen LogP contribution in [0.3, 0.4) is 0 Å². The lowest BCUT2D eigenvalue weighted by molar-refractivity contribution is 0.102. The largest absolute Gasteiger partial charge is 0.324 e. The van der Waals surface area contributed by atoms with E-state index in [1.807, 2.05) is 6.92 Å². The second kappa shape index (κ2) is 5.71. The third-order valence-corrected chi connectivity index (χ3v) is 2.94. The molecule has 1 amide bonds. The highest BCUT2D eigenvalue weighted by Gasteiger charge is 2.09. The molecule has 0 atom stereocenters. The summed E-state index contributed by atoms with van der Waals surface area (Å²) in [5, 5.41) is 2.67. The van der Waals surface area contributed by atoms with Gasteiger partial charge in [-0.05, 0) is 61.4 Å². The molecule has 2 aromatic carbocycles. The molecule has 5 heteroatoms. The Bertz CT molecular complexity index is 635. The van der Waals surface area contributed by atoms with Gasteiger partial charge in [0, 0.05) is 11.3 Å². The van der Waals surface area contributed by atoms with Crippen molar-refractivity contribution in [2.24, 2.45) is 5.84 Å². The van der Waals surface area contributed by atoms with E-state index in [2.05, 4.69) is 10.7 Å². The van der Waals surface area contributed by atoms with Crippen molar-refractivity contribution in [2.45, 2.75) is 13.8 Å². The van der Waals surface area contributed by atoms with Gasteiger partial charge in [-0.1, -0.05) is 0 Å². The van der Waals surface area contributed by atoms with Gasteiger partial charge in [0.1, 0.15) is 5.82 Å². The third-order valence-electron chi connectivity index (χ3n) is 2.94. The summed E-state index contributed by atoms with van der Waals surface area (Å²) in [4.78, 5) is 12.1. The van der Waals surface area contributed by atoms with Gasteiger partial charge in [-0.3, -0.25) is 10.6 Å². The Balaban J connectivity index is 2.21. The van der Waals surface area contributed by atoms with Crippen molar-refractivity contribution in [1.82, 2.24) is 0 Å². The summed E-state index contributed by atoms with van der Waals surface area (Å²) in [6.07, 6.45) is 0. The minimum absolute atomic E-state index is 0.290. The van der Waals surface area contributed by atoms with Gasteiger partial charge >= 0.3 is 0 Å². The van der Waals surface area contributed by atoms with Crippen LogP contribution in [0.4, 0.5) is 15.8 Å². The van der Waals surface area contributed by atoms with E-state index in [0.717, 1.165) is 16.8 Å².